The lowest BCUT2D eigenvalue weighted by molar-refractivity contribution is -0.137. The van der Waals surface area contributed by atoms with Crippen LogP contribution in [-0.2, 0) is 17.4 Å². The number of benzene rings is 2. The number of amides is 1. The van der Waals surface area contributed by atoms with E-state index in [1.165, 1.54) is 6.20 Å². The third-order valence-corrected chi connectivity index (χ3v) is 4.35. The number of hydrogen-bond acceptors (Lipinski definition) is 2. The van der Waals surface area contributed by atoms with Crippen molar-refractivity contribution < 1.29 is 18.0 Å². The topological polar surface area (TPSA) is 49.0 Å². The minimum absolute atomic E-state index is 0.0281. The van der Waals surface area contributed by atoms with E-state index < -0.39 is 11.7 Å². The zero-order chi connectivity index (χ0) is 17.1. The fourth-order valence-corrected chi connectivity index (χ4v) is 3.09. The van der Waals surface area contributed by atoms with Gasteiger partial charge in [0.2, 0.25) is 5.91 Å². The molecule has 0 atom stereocenters. The van der Waals surface area contributed by atoms with Crippen LogP contribution in [0.25, 0.3) is 22.0 Å². The summed E-state index contributed by atoms with van der Waals surface area (Å²) in [5, 5.41) is 7.06. The summed E-state index contributed by atoms with van der Waals surface area (Å²) in [6, 6.07) is 7.45. The van der Waals surface area contributed by atoms with Gasteiger partial charge in [0.25, 0.3) is 0 Å². The van der Waals surface area contributed by atoms with Crippen LogP contribution >= 0.6 is 0 Å². The normalized spacial score (nSPS) is 14.5. The van der Waals surface area contributed by atoms with E-state index in [1.807, 2.05) is 0 Å². The third-order valence-electron chi connectivity index (χ3n) is 4.35. The predicted octanol–water partition coefficient (Wildman–Crippen LogP) is 3.77. The van der Waals surface area contributed by atoms with Crippen LogP contribution in [0.4, 0.5) is 18.9 Å². The summed E-state index contributed by atoms with van der Waals surface area (Å²) in [6.07, 6.45) is -2.68. The summed E-state index contributed by atoms with van der Waals surface area (Å²) in [6.45, 7) is 0. The molecule has 0 fully saturated rings. The van der Waals surface area contributed by atoms with E-state index in [4.69, 9.17) is 0 Å². The van der Waals surface area contributed by atoms with E-state index in [0.29, 0.717) is 22.0 Å². The van der Waals surface area contributed by atoms with Gasteiger partial charge >= 0.3 is 6.18 Å². The van der Waals surface area contributed by atoms with Gasteiger partial charge in [0.15, 0.2) is 0 Å². The molecule has 0 saturated heterocycles. The van der Waals surface area contributed by atoms with Crippen LogP contribution in [0.2, 0.25) is 0 Å². The Bertz CT molecular complexity index is 975. The summed E-state index contributed by atoms with van der Waals surface area (Å²) in [7, 11) is 1.69. The smallest absolute Gasteiger partial charge is 0.315 e. The van der Waals surface area contributed by atoms with Gasteiger partial charge in [-0.25, -0.2) is 0 Å². The van der Waals surface area contributed by atoms with Gasteiger partial charge in [0.05, 0.1) is 23.7 Å². The first-order valence-electron chi connectivity index (χ1n) is 7.29. The molecule has 0 aliphatic carbocycles. The molecule has 7 heteroatoms. The number of carbonyl (C=O) groups is 1. The molecular weight excluding hydrogens is 319 g/mol. The first-order chi connectivity index (χ1) is 11.3. The number of carbonyl (C=O) groups excluding carboxylic acids is 1. The van der Waals surface area contributed by atoms with Crippen molar-refractivity contribution >= 4 is 22.5 Å². The van der Waals surface area contributed by atoms with Crippen molar-refractivity contribution in [2.24, 2.45) is 0 Å². The van der Waals surface area contributed by atoms with Crippen molar-refractivity contribution in [1.82, 2.24) is 10.2 Å². The maximum Gasteiger partial charge on any atom is 0.416 e. The lowest BCUT2D eigenvalue weighted by Gasteiger charge is -2.13. The van der Waals surface area contributed by atoms with Crippen molar-refractivity contribution in [2.75, 3.05) is 11.9 Å². The van der Waals surface area contributed by atoms with E-state index in [0.717, 1.165) is 23.4 Å². The monoisotopic (exact) mass is 331 g/mol. The highest BCUT2D eigenvalue weighted by atomic mass is 19.4. The van der Waals surface area contributed by atoms with Gasteiger partial charge in [-0.3, -0.25) is 9.89 Å². The predicted molar refractivity (Wildman–Crippen MR) is 83.6 cm³/mol. The van der Waals surface area contributed by atoms with Gasteiger partial charge in [-0.1, -0.05) is 6.07 Å². The van der Waals surface area contributed by atoms with Crippen LogP contribution in [0.5, 0.6) is 0 Å². The highest BCUT2D eigenvalue weighted by Gasteiger charge is 2.32. The molecular formula is C17H12F3N3O. The molecule has 1 aromatic heterocycles. The van der Waals surface area contributed by atoms with Gasteiger partial charge in [-0.15, -0.1) is 0 Å². The van der Waals surface area contributed by atoms with Gasteiger partial charge in [0.1, 0.15) is 0 Å². The molecule has 1 aliphatic rings. The maximum atomic E-state index is 13.2. The average molecular weight is 331 g/mol. The van der Waals surface area contributed by atoms with Crippen LogP contribution in [0, 0.1) is 0 Å². The van der Waals surface area contributed by atoms with Crippen LogP contribution in [0.3, 0.4) is 0 Å². The van der Waals surface area contributed by atoms with Crippen LogP contribution in [-0.4, -0.2) is 23.2 Å². The van der Waals surface area contributed by atoms with E-state index in [1.54, 1.807) is 30.1 Å². The number of hydrogen-bond donors (Lipinski definition) is 1. The van der Waals surface area contributed by atoms with Crippen molar-refractivity contribution in [1.29, 1.82) is 0 Å². The number of anilines is 1. The molecule has 0 saturated carbocycles. The number of rotatable bonds is 1. The Labute approximate surface area is 134 Å². The summed E-state index contributed by atoms with van der Waals surface area (Å²) in [5.74, 6) is -0.0281. The second-order valence-electron chi connectivity index (χ2n) is 5.83. The number of aromatic nitrogens is 2. The minimum Gasteiger partial charge on any atom is -0.315 e. The minimum atomic E-state index is -4.44. The molecule has 1 N–H and O–H groups in total. The number of H-pyrrole nitrogens is 1. The molecule has 1 aliphatic heterocycles. The number of nitrogens with one attached hydrogen (secondary N) is 1. The molecule has 4 rings (SSSR count). The summed E-state index contributed by atoms with van der Waals surface area (Å²) in [4.78, 5) is 13.4. The van der Waals surface area contributed by atoms with E-state index in [9.17, 15) is 18.0 Å². The lowest BCUT2D eigenvalue weighted by atomic mass is 9.96. The zero-order valence-electron chi connectivity index (χ0n) is 12.6. The Morgan fingerprint density at radius 3 is 2.75 bits per heavy atom. The second-order valence-corrected chi connectivity index (χ2v) is 5.83. The van der Waals surface area contributed by atoms with Crippen LogP contribution < -0.4 is 4.90 Å². The number of alkyl halides is 3. The number of fused-ring (bicyclic) bond motifs is 2. The largest absolute Gasteiger partial charge is 0.416 e. The number of likely N-dealkylation sites (N-methyl/N-ethyl adjacent to an activating group) is 1. The second kappa shape index (κ2) is 4.83. The Balaban J connectivity index is 1.93. The lowest BCUT2D eigenvalue weighted by Crippen LogP contribution is -2.20. The third kappa shape index (κ3) is 2.16. The number of nitrogens with zero attached hydrogens (tertiary/aromatic N) is 2. The number of aromatic amines is 1. The first-order valence-corrected chi connectivity index (χ1v) is 7.29. The van der Waals surface area contributed by atoms with Crippen molar-refractivity contribution in [3.05, 3.63) is 47.7 Å². The van der Waals surface area contributed by atoms with Gasteiger partial charge < -0.3 is 4.90 Å². The van der Waals surface area contributed by atoms with E-state index in [2.05, 4.69) is 10.2 Å². The van der Waals surface area contributed by atoms with Crippen molar-refractivity contribution in [3.63, 3.8) is 0 Å². The molecule has 1 amide bonds. The van der Waals surface area contributed by atoms with Crippen molar-refractivity contribution in [2.45, 2.75) is 12.6 Å². The molecule has 0 bridgehead atoms. The molecule has 24 heavy (non-hydrogen) atoms. The summed E-state index contributed by atoms with van der Waals surface area (Å²) >= 11 is 0. The summed E-state index contributed by atoms with van der Waals surface area (Å²) in [5.41, 5.74) is 2.28. The fraction of sp³-hybridized carbons (Fsp3) is 0.176. The summed E-state index contributed by atoms with van der Waals surface area (Å²) < 4.78 is 39.5. The Kier molecular flexibility index (Phi) is 2.97. The Morgan fingerprint density at radius 2 is 2.00 bits per heavy atom. The molecule has 122 valence electrons. The molecule has 2 aromatic carbocycles. The molecule has 2 heterocycles. The SMILES string of the molecule is CN1C(=O)Cc2cc(-c3cc(C(F)(F)F)cc4[nH]ncc34)ccc21. The quantitative estimate of drug-likeness (QED) is 0.738. The molecule has 3 aromatic rings. The maximum absolute atomic E-state index is 13.2. The average Bonchev–Trinajstić information content (AvgIpc) is 3.10. The molecule has 0 spiro atoms. The standard InChI is InChI=1S/C17H12F3N3O/c1-23-15-3-2-9(4-10(15)5-16(23)24)12-6-11(17(18,19)20)7-14-13(12)8-21-22-14/h2-4,6-8H,5H2,1H3,(H,21,22). The zero-order valence-corrected chi connectivity index (χ0v) is 12.6. The molecule has 0 radical (unpaired) electrons. The van der Waals surface area contributed by atoms with Crippen LogP contribution in [0.1, 0.15) is 11.1 Å². The molecule has 0 unspecified atom stereocenters. The van der Waals surface area contributed by atoms with Crippen LogP contribution in [0.15, 0.2) is 36.5 Å². The number of halogens is 3. The fourth-order valence-electron chi connectivity index (χ4n) is 3.09. The van der Waals surface area contributed by atoms with E-state index >= 15 is 0 Å². The highest BCUT2D eigenvalue weighted by Crippen LogP contribution is 2.38. The molecule has 4 nitrogen and oxygen atoms in total. The van der Waals surface area contributed by atoms with Crippen molar-refractivity contribution in [3.8, 4) is 11.1 Å². The Morgan fingerprint density at radius 1 is 1.21 bits per heavy atom. The van der Waals surface area contributed by atoms with Gasteiger partial charge in [0, 0.05) is 18.1 Å². The first kappa shape index (κ1) is 14.7. The Hall–Kier alpha value is -2.83. The van der Waals surface area contributed by atoms with Gasteiger partial charge in [-0.2, -0.15) is 18.3 Å². The van der Waals surface area contributed by atoms with Gasteiger partial charge in [-0.05, 0) is 41.0 Å². The van der Waals surface area contributed by atoms with E-state index in [-0.39, 0.29) is 12.3 Å². The highest BCUT2D eigenvalue weighted by molar-refractivity contribution is 6.02.